The van der Waals surface area contributed by atoms with Crippen molar-refractivity contribution in [2.24, 2.45) is 0 Å². The molecule has 0 spiro atoms. The molecule has 0 saturated carbocycles. The molecule has 14 rings (SSSR count). The zero-order valence-corrected chi connectivity index (χ0v) is 39.1. The minimum Gasteiger partial charge on any atom is -0.456 e. The van der Waals surface area contributed by atoms with Crippen molar-refractivity contribution < 1.29 is 4.42 Å². The van der Waals surface area contributed by atoms with Gasteiger partial charge in [-0.3, -0.25) is 0 Å². The number of benzene rings is 10. The number of nitrogens with zero attached hydrogens (tertiary/aromatic N) is 2. The highest BCUT2D eigenvalue weighted by Crippen LogP contribution is 2.53. The monoisotopic (exact) mass is 916 g/mol. The third-order valence-electron chi connectivity index (χ3n) is 15.6. The topological polar surface area (TPSA) is 21.3 Å². The van der Waals surface area contributed by atoms with Crippen molar-refractivity contribution in [3.63, 3.8) is 0 Å². The highest BCUT2D eigenvalue weighted by molar-refractivity contribution is 6.14. The molecule has 71 heavy (non-hydrogen) atoms. The third kappa shape index (κ3) is 6.42. The van der Waals surface area contributed by atoms with Crippen LogP contribution >= 0.6 is 0 Å². The summed E-state index contributed by atoms with van der Waals surface area (Å²) in [5, 5.41) is 4.70. The first-order chi connectivity index (χ1) is 33.7. The first-order valence-corrected chi connectivity index (χ1v) is 24.2. The maximum atomic E-state index is 6.67. The van der Waals surface area contributed by atoms with Crippen LogP contribution in [-0.4, -0.2) is 4.57 Å². The zero-order valence-electron chi connectivity index (χ0n) is 39.1. The fraction of sp³-hybridized carbons (Fsp3) is 0.118. The molecule has 0 fully saturated rings. The van der Waals surface area contributed by atoms with E-state index in [0.717, 1.165) is 61.4 Å². The van der Waals surface area contributed by atoms with Gasteiger partial charge in [-0.15, -0.1) is 0 Å². The van der Waals surface area contributed by atoms with E-state index in [9.17, 15) is 0 Å². The quantitative estimate of drug-likeness (QED) is 0.166. The third-order valence-corrected chi connectivity index (χ3v) is 15.6. The molecule has 0 N–H and O–H groups in total. The Morgan fingerprint density at radius 1 is 0.352 bits per heavy atom. The lowest BCUT2D eigenvalue weighted by atomic mass is 9.82. The minimum atomic E-state index is -0.138. The Balaban J connectivity index is 0.00000259. The highest BCUT2D eigenvalue weighted by Gasteiger charge is 2.38. The Kier molecular flexibility index (Phi) is 9.93. The fourth-order valence-corrected chi connectivity index (χ4v) is 12.2. The van der Waals surface area contributed by atoms with E-state index in [1.165, 1.54) is 71.9 Å². The van der Waals surface area contributed by atoms with Crippen molar-refractivity contribution in [1.82, 2.24) is 4.57 Å². The SMILES string of the molecule is C.C.CC1(C)c2ccccc2-c2ccc(N(c3cccc(-c4cccc5oc6ccc(-c7ccc8c(c7)c7ccccc7n8-c7ccccc7)cc6c45)c3)c3ccc4c(c3)C(C)(C)c3ccccc3-4)cc21. The molecule has 12 aromatic rings. The van der Waals surface area contributed by atoms with Gasteiger partial charge >= 0.3 is 0 Å². The molecule has 0 amide bonds. The van der Waals surface area contributed by atoms with Crippen molar-refractivity contribution in [2.45, 2.75) is 53.4 Å². The van der Waals surface area contributed by atoms with E-state index >= 15 is 0 Å². The van der Waals surface area contributed by atoms with Crippen LogP contribution in [0.25, 0.3) is 93.9 Å². The first kappa shape index (κ1) is 43.9. The summed E-state index contributed by atoms with van der Waals surface area (Å²) >= 11 is 0. The van der Waals surface area contributed by atoms with Gasteiger partial charge < -0.3 is 13.9 Å². The highest BCUT2D eigenvalue weighted by atomic mass is 16.3. The first-order valence-electron chi connectivity index (χ1n) is 24.2. The number of para-hydroxylation sites is 2. The Hall–Kier alpha value is -8.40. The molecule has 10 aromatic carbocycles. The summed E-state index contributed by atoms with van der Waals surface area (Å²) in [5.74, 6) is 0. The number of hydrogen-bond donors (Lipinski definition) is 0. The second kappa shape index (κ2) is 16.1. The molecule has 0 unspecified atom stereocenters. The molecule has 0 radical (unpaired) electrons. The molecule has 2 aliphatic carbocycles. The molecule has 0 aliphatic heterocycles. The van der Waals surface area contributed by atoms with E-state index in [0.29, 0.717) is 0 Å². The molecule has 3 heteroatoms. The van der Waals surface area contributed by atoms with E-state index in [-0.39, 0.29) is 25.7 Å². The maximum Gasteiger partial charge on any atom is 0.136 e. The van der Waals surface area contributed by atoms with Gasteiger partial charge in [0, 0.05) is 55.1 Å². The van der Waals surface area contributed by atoms with Crippen molar-refractivity contribution in [3.8, 4) is 50.2 Å². The van der Waals surface area contributed by atoms with E-state index in [4.69, 9.17) is 4.42 Å². The fourth-order valence-electron chi connectivity index (χ4n) is 12.2. The van der Waals surface area contributed by atoms with Gasteiger partial charge in [-0.1, -0.05) is 176 Å². The predicted octanol–water partition coefficient (Wildman–Crippen LogP) is 19.4. The molecule has 344 valence electrons. The summed E-state index contributed by atoms with van der Waals surface area (Å²) in [5.41, 5.74) is 23.8. The Labute approximate surface area is 416 Å². The van der Waals surface area contributed by atoms with E-state index < -0.39 is 0 Å². The standard InChI is InChI=1S/C66H48N2O.2CH4/c1-65(2)56-24-11-8-20-49(56)51-32-30-46(39-58(51)65)67(47-31-33-52-50-21-9-12-25-57(50)66(3,4)59(52)40-47)45-19-14-16-43(36-45)48-23-15-27-63-64(48)55-38-42(29-35-62(55)69-63)41-28-34-61-54(37-41)53-22-10-13-26-60(53)68(61)44-17-6-5-7-18-44;;/h5-40H,1-4H3;2*1H4. The van der Waals surface area contributed by atoms with Crippen LogP contribution in [0.4, 0.5) is 17.1 Å². The predicted molar refractivity (Wildman–Crippen MR) is 302 cm³/mol. The van der Waals surface area contributed by atoms with Crippen LogP contribution in [0.1, 0.15) is 64.8 Å². The molecular weight excluding hydrogens is 861 g/mol. The van der Waals surface area contributed by atoms with Gasteiger partial charge in [0.15, 0.2) is 0 Å². The second-order valence-electron chi connectivity index (χ2n) is 20.1. The van der Waals surface area contributed by atoms with Crippen LogP contribution in [-0.2, 0) is 10.8 Å². The van der Waals surface area contributed by atoms with Gasteiger partial charge in [-0.25, -0.2) is 0 Å². The Morgan fingerprint density at radius 3 is 1.58 bits per heavy atom. The lowest BCUT2D eigenvalue weighted by molar-refractivity contribution is 0.660. The van der Waals surface area contributed by atoms with Crippen LogP contribution in [0.2, 0.25) is 0 Å². The zero-order chi connectivity index (χ0) is 46.2. The molecular formula is C68H56N2O. The Morgan fingerprint density at radius 2 is 0.887 bits per heavy atom. The summed E-state index contributed by atoms with van der Waals surface area (Å²) < 4.78 is 9.04. The summed E-state index contributed by atoms with van der Waals surface area (Å²) in [6.07, 6.45) is 0. The molecule has 0 atom stereocenters. The normalized spacial score (nSPS) is 13.6. The van der Waals surface area contributed by atoms with Crippen molar-refractivity contribution in [3.05, 3.63) is 241 Å². The van der Waals surface area contributed by atoms with Gasteiger partial charge in [-0.05, 0) is 152 Å². The number of furan rings is 1. The number of anilines is 3. The van der Waals surface area contributed by atoms with E-state index in [2.05, 4.69) is 256 Å². The minimum absolute atomic E-state index is 0. The summed E-state index contributed by atoms with van der Waals surface area (Å²) in [6, 6.07) is 80.6. The summed E-state index contributed by atoms with van der Waals surface area (Å²) in [7, 11) is 0. The van der Waals surface area contributed by atoms with Crippen LogP contribution in [0.3, 0.4) is 0 Å². The number of hydrogen-bond acceptors (Lipinski definition) is 2. The maximum absolute atomic E-state index is 6.67. The van der Waals surface area contributed by atoms with Gasteiger partial charge in [0.25, 0.3) is 0 Å². The number of aromatic nitrogens is 1. The van der Waals surface area contributed by atoms with Crippen molar-refractivity contribution in [1.29, 1.82) is 0 Å². The lowest BCUT2D eigenvalue weighted by Crippen LogP contribution is -2.18. The molecule has 2 aromatic heterocycles. The Bertz CT molecular complexity index is 3980. The van der Waals surface area contributed by atoms with Gasteiger partial charge in [0.1, 0.15) is 11.2 Å². The van der Waals surface area contributed by atoms with Crippen LogP contribution < -0.4 is 4.90 Å². The van der Waals surface area contributed by atoms with Crippen molar-refractivity contribution in [2.75, 3.05) is 4.90 Å². The smallest absolute Gasteiger partial charge is 0.136 e. The molecule has 3 nitrogen and oxygen atoms in total. The summed E-state index contributed by atoms with van der Waals surface area (Å²) in [4.78, 5) is 2.47. The van der Waals surface area contributed by atoms with Gasteiger partial charge in [-0.2, -0.15) is 0 Å². The van der Waals surface area contributed by atoms with E-state index in [1.807, 2.05) is 0 Å². The number of fused-ring (bicyclic) bond motifs is 12. The van der Waals surface area contributed by atoms with Crippen LogP contribution in [0.5, 0.6) is 0 Å². The van der Waals surface area contributed by atoms with E-state index in [1.54, 1.807) is 0 Å². The largest absolute Gasteiger partial charge is 0.456 e. The van der Waals surface area contributed by atoms with Crippen LogP contribution in [0.15, 0.2) is 223 Å². The van der Waals surface area contributed by atoms with Crippen molar-refractivity contribution >= 4 is 60.8 Å². The average molecular weight is 917 g/mol. The molecule has 2 heterocycles. The average Bonchev–Trinajstić information content (AvgIpc) is 4.07. The van der Waals surface area contributed by atoms with Gasteiger partial charge in [0.2, 0.25) is 0 Å². The second-order valence-corrected chi connectivity index (χ2v) is 20.1. The number of rotatable bonds is 6. The summed E-state index contributed by atoms with van der Waals surface area (Å²) in [6.45, 7) is 9.47. The van der Waals surface area contributed by atoms with Crippen LogP contribution in [0, 0.1) is 0 Å². The van der Waals surface area contributed by atoms with Gasteiger partial charge in [0.05, 0.1) is 11.0 Å². The molecule has 2 aliphatic rings. The lowest BCUT2D eigenvalue weighted by Gasteiger charge is -2.30. The molecule has 0 saturated heterocycles. The molecule has 0 bridgehead atoms.